The van der Waals surface area contributed by atoms with Gasteiger partial charge in [-0.1, -0.05) is 18.2 Å². The average molecular weight is 433 g/mol. The number of amidine groups is 1. The molecule has 0 fully saturated rings. The van der Waals surface area contributed by atoms with Crippen LogP contribution in [0, 0.1) is 26.2 Å². The van der Waals surface area contributed by atoms with Gasteiger partial charge in [0, 0.05) is 12.6 Å². The predicted octanol–water partition coefficient (Wildman–Crippen LogP) is 1.54. The van der Waals surface area contributed by atoms with E-state index in [0.717, 1.165) is 0 Å². The number of hydrogen-bond donors (Lipinski definition) is 4. The Morgan fingerprint density at radius 3 is 2.43 bits per heavy atom. The van der Waals surface area contributed by atoms with Crippen molar-refractivity contribution in [1.82, 2.24) is 10.0 Å². The molecule has 8 nitrogen and oxygen atoms in total. The number of nitrogens with one attached hydrogen (secondary N) is 3. The minimum atomic E-state index is -4.00. The largest absolute Gasteiger partial charge is 0.496 e. The van der Waals surface area contributed by atoms with Crippen LogP contribution in [0.3, 0.4) is 0 Å². The molecule has 0 saturated heterocycles. The number of aryl methyl sites for hydroxylation is 1. The lowest BCUT2D eigenvalue weighted by molar-refractivity contribution is -0.122. The van der Waals surface area contributed by atoms with E-state index in [0.29, 0.717) is 33.6 Å². The number of carbonyl (C=O) groups excluding carboxylic acids is 1. The smallest absolute Gasteiger partial charge is 0.241 e. The van der Waals surface area contributed by atoms with Gasteiger partial charge in [0.25, 0.3) is 0 Å². The Kier molecular flexibility index (Phi) is 7.22. The Bertz CT molecular complexity index is 1080. The van der Waals surface area contributed by atoms with Crippen LogP contribution in [-0.4, -0.2) is 40.4 Å². The summed E-state index contributed by atoms with van der Waals surface area (Å²) < 4.78 is 34.3. The van der Waals surface area contributed by atoms with Gasteiger partial charge in [0.2, 0.25) is 15.9 Å². The standard InChI is InChI=1S/C21H28N4O4S/c1-12-9-18(29-5)13(2)14(3)19(12)30(27,28)25-17(21(26)24-4)11-15-7-6-8-16(10-15)20(22)23/h6-10,17,25H,11H2,1-5H3,(H3,22,23)(H,24,26). The van der Waals surface area contributed by atoms with Gasteiger partial charge in [-0.3, -0.25) is 10.2 Å². The maximum atomic E-state index is 13.2. The van der Waals surface area contributed by atoms with E-state index in [1.165, 1.54) is 14.2 Å². The molecule has 0 bridgehead atoms. The number of hydrogen-bond acceptors (Lipinski definition) is 5. The first-order valence-corrected chi connectivity index (χ1v) is 10.8. The molecule has 30 heavy (non-hydrogen) atoms. The fourth-order valence-corrected chi connectivity index (χ4v) is 5.08. The van der Waals surface area contributed by atoms with E-state index < -0.39 is 22.0 Å². The van der Waals surface area contributed by atoms with E-state index in [4.69, 9.17) is 15.9 Å². The third-order valence-electron chi connectivity index (χ3n) is 5.01. The molecule has 0 aromatic heterocycles. The molecule has 162 valence electrons. The van der Waals surface area contributed by atoms with Crippen LogP contribution in [0.25, 0.3) is 0 Å². The van der Waals surface area contributed by atoms with Crippen LogP contribution in [0.2, 0.25) is 0 Å². The average Bonchev–Trinajstić information content (AvgIpc) is 2.69. The zero-order valence-corrected chi connectivity index (χ0v) is 18.6. The molecule has 2 aromatic carbocycles. The van der Waals surface area contributed by atoms with Crippen LogP contribution in [-0.2, 0) is 21.2 Å². The predicted molar refractivity (Wildman–Crippen MR) is 117 cm³/mol. The summed E-state index contributed by atoms with van der Waals surface area (Å²) in [6.07, 6.45) is 0.104. The first-order chi connectivity index (χ1) is 14.0. The molecule has 1 amide bonds. The molecule has 1 unspecified atom stereocenters. The van der Waals surface area contributed by atoms with Crippen molar-refractivity contribution in [2.45, 2.75) is 38.1 Å². The number of ether oxygens (including phenoxy) is 1. The molecular weight excluding hydrogens is 404 g/mol. The summed E-state index contributed by atoms with van der Waals surface area (Å²) in [6.45, 7) is 5.19. The third kappa shape index (κ3) is 4.98. The number of methoxy groups -OCH3 is 1. The minimum absolute atomic E-state index is 0.103. The van der Waals surface area contributed by atoms with Crippen molar-refractivity contribution in [3.05, 3.63) is 58.1 Å². The molecule has 0 radical (unpaired) electrons. The van der Waals surface area contributed by atoms with Gasteiger partial charge in [0.15, 0.2) is 0 Å². The topological polar surface area (TPSA) is 134 Å². The Balaban J connectivity index is 2.44. The second-order valence-electron chi connectivity index (χ2n) is 7.08. The first-order valence-electron chi connectivity index (χ1n) is 9.33. The Morgan fingerprint density at radius 2 is 1.87 bits per heavy atom. The van der Waals surface area contributed by atoms with E-state index in [1.807, 2.05) is 0 Å². The van der Waals surface area contributed by atoms with Crippen LogP contribution in [0.4, 0.5) is 0 Å². The fourth-order valence-electron chi connectivity index (χ4n) is 3.36. The molecule has 0 aliphatic rings. The Hall–Kier alpha value is -2.91. The van der Waals surface area contributed by atoms with Gasteiger partial charge in [0.1, 0.15) is 17.6 Å². The van der Waals surface area contributed by atoms with Crippen molar-refractivity contribution >= 4 is 21.8 Å². The minimum Gasteiger partial charge on any atom is -0.496 e. The van der Waals surface area contributed by atoms with Crippen LogP contribution in [0.5, 0.6) is 5.75 Å². The Morgan fingerprint density at radius 1 is 1.20 bits per heavy atom. The van der Waals surface area contributed by atoms with Crippen molar-refractivity contribution in [2.24, 2.45) is 5.73 Å². The lowest BCUT2D eigenvalue weighted by Crippen LogP contribution is -2.47. The summed E-state index contributed by atoms with van der Waals surface area (Å²) in [6, 6.07) is 7.44. The molecular formula is C21H28N4O4S. The normalized spacial score (nSPS) is 12.3. The second-order valence-corrected chi connectivity index (χ2v) is 8.73. The van der Waals surface area contributed by atoms with Crippen molar-refractivity contribution in [1.29, 1.82) is 5.41 Å². The lowest BCUT2D eigenvalue weighted by Gasteiger charge is -2.21. The number of sulfonamides is 1. The van der Waals surface area contributed by atoms with Crippen LogP contribution < -0.4 is 20.5 Å². The number of nitrogens with two attached hydrogens (primary N) is 1. The summed E-state index contributed by atoms with van der Waals surface area (Å²) in [4.78, 5) is 12.6. The fraction of sp³-hybridized carbons (Fsp3) is 0.333. The highest BCUT2D eigenvalue weighted by Crippen LogP contribution is 2.30. The molecule has 0 spiro atoms. The van der Waals surface area contributed by atoms with Gasteiger partial charge in [-0.05, 0) is 61.6 Å². The number of likely N-dealkylation sites (N-methyl/N-ethyl adjacent to an activating group) is 1. The molecule has 5 N–H and O–H groups in total. The van der Waals surface area contributed by atoms with Gasteiger partial charge in [-0.15, -0.1) is 0 Å². The quantitative estimate of drug-likeness (QED) is 0.371. The summed E-state index contributed by atoms with van der Waals surface area (Å²) in [7, 11) is -1.02. The lowest BCUT2D eigenvalue weighted by atomic mass is 10.0. The first kappa shape index (κ1) is 23.4. The zero-order chi connectivity index (χ0) is 22.6. The van der Waals surface area contributed by atoms with Crippen molar-refractivity contribution < 1.29 is 17.9 Å². The van der Waals surface area contributed by atoms with Crippen LogP contribution in [0.1, 0.15) is 27.8 Å². The highest BCUT2D eigenvalue weighted by atomic mass is 32.2. The molecule has 9 heteroatoms. The van der Waals surface area contributed by atoms with Gasteiger partial charge in [-0.2, -0.15) is 4.72 Å². The van der Waals surface area contributed by atoms with Gasteiger partial charge < -0.3 is 15.8 Å². The molecule has 0 saturated carbocycles. The van der Waals surface area contributed by atoms with E-state index in [2.05, 4.69) is 10.0 Å². The molecule has 2 aromatic rings. The van der Waals surface area contributed by atoms with E-state index in [1.54, 1.807) is 51.1 Å². The van der Waals surface area contributed by atoms with Gasteiger partial charge in [0.05, 0.1) is 12.0 Å². The maximum absolute atomic E-state index is 13.2. The number of amides is 1. The van der Waals surface area contributed by atoms with Crippen molar-refractivity contribution in [2.75, 3.05) is 14.2 Å². The number of rotatable bonds is 8. The number of carbonyl (C=O) groups is 1. The molecule has 0 heterocycles. The molecule has 0 aliphatic heterocycles. The van der Waals surface area contributed by atoms with Crippen LogP contribution >= 0.6 is 0 Å². The summed E-state index contributed by atoms with van der Waals surface area (Å²) >= 11 is 0. The van der Waals surface area contributed by atoms with Crippen molar-refractivity contribution in [3.63, 3.8) is 0 Å². The van der Waals surface area contributed by atoms with Crippen molar-refractivity contribution in [3.8, 4) is 5.75 Å². The molecule has 0 aliphatic carbocycles. The molecule has 2 rings (SSSR count). The Labute approximate surface area is 177 Å². The van der Waals surface area contributed by atoms with Crippen LogP contribution in [0.15, 0.2) is 35.2 Å². The highest BCUT2D eigenvalue weighted by molar-refractivity contribution is 7.89. The summed E-state index contributed by atoms with van der Waals surface area (Å²) in [5.41, 5.74) is 8.52. The van der Waals surface area contributed by atoms with E-state index in [-0.39, 0.29) is 17.2 Å². The van der Waals surface area contributed by atoms with Gasteiger partial charge in [-0.25, -0.2) is 8.42 Å². The van der Waals surface area contributed by atoms with E-state index >= 15 is 0 Å². The number of nitrogen functional groups attached to an aromatic ring is 1. The van der Waals surface area contributed by atoms with E-state index in [9.17, 15) is 13.2 Å². The highest BCUT2D eigenvalue weighted by Gasteiger charge is 2.29. The second kappa shape index (κ2) is 9.27. The van der Waals surface area contributed by atoms with Gasteiger partial charge >= 0.3 is 0 Å². The SMILES string of the molecule is CNC(=O)C(Cc1cccc(C(=N)N)c1)NS(=O)(=O)c1c(C)cc(OC)c(C)c1C. The number of benzene rings is 2. The zero-order valence-electron chi connectivity index (χ0n) is 17.8. The third-order valence-corrected chi connectivity index (χ3v) is 6.77. The summed E-state index contributed by atoms with van der Waals surface area (Å²) in [5.74, 6) is 0.0362. The maximum Gasteiger partial charge on any atom is 0.241 e. The summed E-state index contributed by atoms with van der Waals surface area (Å²) in [5, 5.41) is 10.1. The molecule has 1 atom stereocenters. The monoisotopic (exact) mass is 432 g/mol.